The Balaban J connectivity index is 2.77. The van der Waals surface area contributed by atoms with Crippen molar-refractivity contribution in [2.24, 2.45) is 0 Å². The van der Waals surface area contributed by atoms with Gasteiger partial charge in [-0.1, -0.05) is 0 Å². The lowest BCUT2D eigenvalue weighted by Gasteiger charge is -2.36. The van der Waals surface area contributed by atoms with Crippen molar-refractivity contribution in [2.45, 2.75) is 24.9 Å². The van der Waals surface area contributed by atoms with Gasteiger partial charge in [0.1, 0.15) is 24.3 Å². The smallest absolute Gasteiger partial charge is 0.289 e. The summed E-state index contributed by atoms with van der Waals surface area (Å²) in [7, 11) is -3.47. The van der Waals surface area contributed by atoms with Crippen LogP contribution in [0.1, 0.15) is 18.9 Å². The predicted octanol–water partition coefficient (Wildman–Crippen LogP) is 1.36. The summed E-state index contributed by atoms with van der Waals surface area (Å²) < 4.78 is 86.2. The average Bonchev–Trinajstić information content (AvgIpc) is 3.08. The summed E-state index contributed by atoms with van der Waals surface area (Å²) >= 11 is 0. The number of alkyl halides is 2. The van der Waals surface area contributed by atoms with Crippen LogP contribution in [0.2, 0.25) is 0 Å². The minimum atomic E-state index is -4.23. The number of ether oxygens (including phenoxy) is 1. The molecular formula is C15H15F4N3O4S. The van der Waals surface area contributed by atoms with Crippen LogP contribution >= 0.6 is 0 Å². The van der Waals surface area contributed by atoms with E-state index in [0.717, 1.165) is 12.7 Å². The standard InChI is InChI=1S/C15H15F4N3O4S/c1-2-26-6-5-14(18,19)15(23,11-4-3-10(16)7-12(11)17)13(27(24)25)22-9-20-8-21-22/h3-4,7-9,23H,2,5-6H2,1H3. The van der Waals surface area contributed by atoms with Crippen molar-refractivity contribution in [3.05, 3.63) is 48.1 Å². The number of nitrogens with zero attached hydrogens (tertiary/aromatic N) is 3. The number of aromatic nitrogens is 3. The summed E-state index contributed by atoms with van der Waals surface area (Å²) in [4.78, 5) is 2.08. The van der Waals surface area contributed by atoms with Crippen LogP contribution in [0.4, 0.5) is 17.6 Å². The molecule has 0 aliphatic rings. The molecule has 27 heavy (non-hydrogen) atoms. The highest BCUT2D eigenvalue weighted by atomic mass is 32.2. The number of rotatable bonds is 7. The Morgan fingerprint density at radius 2 is 2.04 bits per heavy atom. The van der Waals surface area contributed by atoms with Crippen LogP contribution in [0.25, 0.3) is 0 Å². The normalized spacial score (nSPS) is 14.0. The fourth-order valence-corrected chi connectivity index (χ4v) is 3.20. The zero-order chi connectivity index (χ0) is 20.2. The molecule has 12 heteroatoms. The van der Waals surface area contributed by atoms with Gasteiger partial charge in [-0.05, 0) is 19.1 Å². The number of hydrogen-bond donors (Lipinski definition) is 1. The Bertz CT molecular complexity index is 927. The highest BCUT2D eigenvalue weighted by molar-refractivity contribution is 7.73. The largest absolute Gasteiger partial charge is 0.382 e. The van der Waals surface area contributed by atoms with Gasteiger partial charge >= 0.3 is 0 Å². The lowest BCUT2D eigenvalue weighted by atomic mass is 9.84. The van der Waals surface area contributed by atoms with E-state index in [9.17, 15) is 22.3 Å². The van der Waals surface area contributed by atoms with E-state index in [1.807, 2.05) is 0 Å². The lowest BCUT2D eigenvalue weighted by Crippen LogP contribution is -2.55. The van der Waals surface area contributed by atoms with Gasteiger partial charge in [0.05, 0.1) is 6.61 Å². The molecule has 0 aliphatic heterocycles. The first-order valence-corrected chi connectivity index (χ1v) is 8.67. The van der Waals surface area contributed by atoms with Gasteiger partial charge in [-0.25, -0.2) is 27.2 Å². The van der Waals surface area contributed by atoms with E-state index < -0.39 is 57.0 Å². The predicted molar refractivity (Wildman–Crippen MR) is 85.7 cm³/mol. The van der Waals surface area contributed by atoms with Crippen molar-refractivity contribution in [2.75, 3.05) is 13.2 Å². The van der Waals surface area contributed by atoms with E-state index in [-0.39, 0.29) is 12.7 Å². The van der Waals surface area contributed by atoms with Gasteiger partial charge in [0.15, 0.2) is 0 Å². The fourth-order valence-electron chi connectivity index (χ4n) is 2.45. The maximum atomic E-state index is 15.0. The maximum absolute atomic E-state index is 15.0. The third-order valence-corrected chi connectivity index (χ3v) is 4.51. The van der Waals surface area contributed by atoms with Gasteiger partial charge in [0.2, 0.25) is 20.9 Å². The lowest BCUT2D eigenvalue weighted by molar-refractivity contribution is -0.161. The van der Waals surface area contributed by atoms with Crippen molar-refractivity contribution in [1.29, 1.82) is 0 Å². The van der Waals surface area contributed by atoms with Gasteiger partial charge in [-0.2, -0.15) is 13.5 Å². The molecule has 1 heterocycles. The van der Waals surface area contributed by atoms with Crippen molar-refractivity contribution >= 4 is 15.3 Å². The summed E-state index contributed by atoms with van der Waals surface area (Å²) in [5, 5.41) is 14.3. The van der Waals surface area contributed by atoms with Crippen molar-refractivity contribution < 1.29 is 35.8 Å². The second-order valence-electron chi connectivity index (χ2n) is 5.37. The Morgan fingerprint density at radius 1 is 1.33 bits per heavy atom. The van der Waals surface area contributed by atoms with E-state index >= 15 is 8.78 Å². The SMILES string of the molecule is CCOCCC(F)(F)C(O)(C(n1cncn1)=S(=O)=O)c1ccc(F)cc1F. The van der Waals surface area contributed by atoms with Crippen LogP contribution < -0.4 is 0 Å². The minimum absolute atomic E-state index is 0.0898. The number of benzene rings is 1. The average molecular weight is 409 g/mol. The molecular weight excluding hydrogens is 394 g/mol. The summed E-state index contributed by atoms with van der Waals surface area (Å²) in [6.07, 6.45) is 0.437. The molecule has 0 bridgehead atoms. The molecule has 0 spiro atoms. The minimum Gasteiger partial charge on any atom is -0.382 e. The van der Waals surface area contributed by atoms with Crippen LogP contribution in [0.3, 0.4) is 0 Å². The molecule has 148 valence electrons. The molecule has 0 saturated carbocycles. The molecule has 2 aromatic rings. The third-order valence-electron chi connectivity index (χ3n) is 3.71. The molecule has 1 N–H and O–H groups in total. The molecule has 0 radical (unpaired) electrons. The number of halogens is 4. The molecule has 1 unspecified atom stereocenters. The first kappa shape index (κ1) is 21.0. The highest BCUT2D eigenvalue weighted by Crippen LogP contribution is 2.42. The summed E-state index contributed by atoms with van der Waals surface area (Å²) in [5.74, 6) is -6.89. The van der Waals surface area contributed by atoms with Crippen molar-refractivity contribution in [3.8, 4) is 0 Å². The van der Waals surface area contributed by atoms with E-state index in [1.165, 1.54) is 0 Å². The summed E-state index contributed by atoms with van der Waals surface area (Å²) in [6, 6.07) is 1.42. The van der Waals surface area contributed by atoms with Crippen LogP contribution in [0.5, 0.6) is 0 Å². The van der Waals surface area contributed by atoms with Gasteiger partial charge < -0.3 is 9.84 Å². The van der Waals surface area contributed by atoms with E-state index in [0.29, 0.717) is 16.8 Å². The van der Waals surface area contributed by atoms with E-state index in [1.54, 1.807) is 6.92 Å². The summed E-state index contributed by atoms with van der Waals surface area (Å²) in [6.45, 7) is 1.08. The molecule has 0 aliphatic carbocycles. The van der Waals surface area contributed by atoms with Crippen molar-refractivity contribution in [1.82, 2.24) is 14.8 Å². The zero-order valence-corrected chi connectivity index (χ0v) is 14.8. The quantitative estimate of drug-likeness (QED) is 0.422. The Morgan fingerprint density at radius 3 is 2.56 bits per heavy atom. The van der Waals surface area contributed by atoms with Crippen LogP contribution in [-0.2, 0) is 20.6 Å². The monoisotopic (exact) mass is 409 g/mol. The zero-order valence-electron chi connectivity index (χ0n) is 13.9. The van der Waals surface area contributed by atoms with Crippen LogP contribution in [-0.4, -0.2) is 52.4 Å². The van der Waals surface area contributed by atoms with E-state index in [2.05, 4.69) is 10.1 Å². The van der Waals surface area contributed by atoms with Crippen molar-refractivity contribution in [3.63, 3.8) is 0 Å². The number of hydrogen-bond acceptors (Lipinski definition) is 6. The second-order valence-corrected chi connectivity index (χ2v) is 6.22. The van der Waals surface area contributed by atoms with Gasteiger partial charge in [0.25, 0.3) is 5.92 Å². The molecule has 0 saturated heterocycles. The molecule has 1 aromatic heterocycles. The molecule has 0 amide bonds. The molecule has 2 rings (SSSR count). The first-order chi connectivity index (χ1) is 12.6. The molecule has 0 fully saturated rings. The van der Waals surface area contributed by atoms with E-state index in [4.69, 9.17) is 4.74 Å². The third kappa shape index (κ3) is 4.01. The molecule has 1 aromatic carbocycles. The van der Waals surface area contributed by atoms with Gasteiger partial charge in [-0.3, -0.25) is 0 Å². The Kier molecular flexibility index (Phi) is 6.34. The highest BCUT2D eigenvalue weighted by Gasteiger charge is 2.60. The van der Waals surface area contributed by atoms with Crippen LogP contribution in [0, 0.1) is 11.6 Å². The number of aliphatic hydroxyl groups is 1. The maximum Gasteiger partial charge on any atom is 0.289 e. The first-order valence-electron chi connectivity index (χ1n) is 7.60. The molecule has 7 nitrogen and oxygen atoms in total. The topological polar surface area (TPSA) is 94.3 Å². The summed E-state index contributed by atoms with van der Waals surface area (Å²) in [5.41, 5.74) is -4.84. The molecule has 1 atom stereocenters. The Hall–Kier alpha value is -2.31. The van der Waals surface area contributed by atoms with Gasteiger partial charge in [-0.15, -0.1) is 0 Å². The van der Waals surface area contributed by atoms with Crippen LogP contribution in [0.15, 0.2) is 30.9 Å². The second kappa shape index (κ2) is 8.15. The van der Waals surface area contributed by atoms with Gasteiger partial charge in [0, 0.05) is 24.7 Å². The Labute approximate surface area is 152 Å². The fraction of sp³-hybridized carbons (Fsp3) is 0.400.